The van der Waals surface area contributed by atoms with Gasteiger partial charge in [-0.1, -0.05) is 17.8 Å². The van der Waals surface area contributed by atoms with Gasteiger partial charge in [0, 0.05) is 10.9 Å². The van der Waals surface area contributed by atoms with E-state index in [1.54, 1.807) is 29.2 Å². The number of thiophene rings is 1. The first kappa shape index (κ1) is 12.6. The van der Waals surface area contributed by atoms with Gasteiger partial charge in [0.1, 0.15) is 5.82 Å². The summed E-state index contributed by atoms with van der Waals surface area (Å²) in [4.78, 5) is 1.11. The lowest BCUT2D eigenvalue weighted by Gasteiger charge is -2.15. The monoisotopic (exact) mass is 267 g/mol. The molecule has 0 saturated carbocycles. The van der Waals surface area contributed by atoms with E-state index in [2.05, 4.69) is 11.4 Å². The Labute approximate surface area is 109 Å². The van der Waals surface area contributed by atoms with Crippen molar-refractivity contribution in [2.45, 2.75) is 22.1 Å². The number of halogens is 1. The Morgan fingerprint density at radius 2 is 2.18 bits per heavy atom. The van der Waals surface area contributed by atoms with Crippen LogP contribution in [0.5, 0.6) is 0 Å². The normalized spacial score (nSPS) is 12.6. The molecular weight excluding hydrogens is 253 g/mol. The van der Waals surface area contributed by atoms with E-state index in [1.165, 1.54) is 10.3 Å². The van der Waals surface area contributed by atoms with Crippen LogP contribution in [0.4, 0.5) is 4.39 Å². The van der Waals surface area contributed by atoms with Crippen molar-refractivity contribution >= 4 is 23.1 Å². The standard InChI is InChI=1S/C13H14FNS2/c1-9(15-2)11-8-10(14)5-6-12(11)17-13-4-3-7-16-13/h3-9,15H,1-2H3. The molecule has 0 bridgehead atoms. The number of hydrogen-bond acceptors (Lipinski definition) is 3. The Balaban J connectivity index is 2.32. The van der Waals surface area contributed by atoms with Gasteiger partial charge in [-0.25, -0.2) is 4.39 Å². The molecule has 1 atom stereocenters. The fraction of sp³-hybridized carbons (Fsp3) is 0.231. The van der Waals surface area contributed by atoms with Crippen LogP contribution in [0.25, 0.3) is 0 Å². The van der Waals surface area contributed by atoms with Crippen LogP contribution in [0.3, 0.4) is 0 Å². The van der Waals surface area contributed by atoms with E-state index in [0.29, 0.717) is 0 Å². The Morgan fingerprint density at radius 1 is 1.35 bits per heavy atom. The molecule has 2 rings (SSSR count). The highest BCUT2D eigenvalue weighted by Gasteiger charge is 2.11. The van der Waals surface area contributed by atoms with E-state index in [9.17, 15) is 4.39 Å². The molecule has 0 radical (unpaired) electrons. The summed E-state index contributed by atoms with van der Waals surface area (Å²) in [6.45, 7) is 2.03. The van der Waals surface area contributed by atoms with Crippen molar-refractivity contribution in [3.05, 3.63) is 47.1 Å². The molecule has 0 aliphatic heterocycles. The molecule has 2 aromatic rings. The van der Waals surface area contributed by atoms with Crippen LogP contribution in [-0.2, 0) is 0 Å². The summed E-state index contributed by atoms with van der Waals surface area (Å²) >= 11 is 3.38. The fourth-order valence-corrected chi connectivity index (χ4v) is 3.47. The van der Waals surface area contributed by atoms with Gasteiger partial charge >= 0.3 is 0 Å². The summed E-state index contributed by atoms with van der Waals surface area (Å²) in [7, 11) is 1.88. The van der Waals surface area contributed by atoms with Crippen LogP contribution < -0.4 is 5.32 Å². The van der Waals surface area contributed by atoms with Crippen LogP contribution in [0.2, 0.25) is 0 Å². The zero-order chi connectivity index (χ0) is 12.3. The van der Waals surface area contributed by atoms with Crippen molar-refractivity contribution in [1.29, 1.82) is 0 Å². The molecule has 0 saturated heterocycles. The summed E-state index contributed by atoms with van der Waals surface area (Å²) in [5.74, 6) is -0.183. The number of rotatable bonds is 4. The van der Waals surface area contributed by atoms with Gasteiger partial charge in [-0.05, 0) is 49.2 Å². The molecular formula is C13H14FNS2. The summed E-state index contributed by atoms with van der Waals surface area (Å²) in [6, 6.07) is 9.22. The van der Waals surface area contributed by atoms with Crippen molar-refractivity contribution in [3.8, 4) is 0 Å². The highest BCUT2D eigenvalue weighted by Crippen LogP contribution is 2.35. The third-order valence-corrected chi connectivity index (χ3v) is 4.71. The molecule has 1 unspecified atom stereocenters. The van der Waals surface area contributed by atoms with Gasteiger partial charge in [-0.2, -0.15) is 0 Å². The van der Waals surface area contributed by atoms with Crippen molar-refractivity contribution in [1.82, 2.24) is 5.32 Å². The predicted octanol–water partition coefficient (Wildman–Crippen LogP) is 4.32. The minimum absolute atomic E-state index is 0.146. The largest absolute Gasteiger partial charge is 0.313 e. The fourth-order valence-electron chi connectivity index (χ4n) is 1.54. The van der Waals surface area contributed by atoms with Gasteiger partial charge in [0.05, 0.1) is 4.21 Å². The minimum atomic E-state index is -0.183. The van der Waals surface area contributed by atoms with E-state index in [4.69, 9.17) is 0 Å². The second kappa shape index (κ2) is 5.67. The lowest BCUT2D eigenvalue weighted by atomic mass is 10.1. The first-order chi connectivity index (χ1) is 8.20. The van der Waals surface area contributed by atoms with E-state index >= 15 is 0 Å². The van der Waals surface area contributed by atoms with E-state index < -0.39 is 0 Å². The van der Waals surface area contributed by atoms with Crippen molar-refractivity contribution < 1.29 is 4.39 Å². The molecule has 1 aromatic heterocycles. The second-order valence-corrected chi connectivity index (χ2v) is 6.02. The minimum Gasteiger partial charge on any atom is -0.313 e. The second-order valence-electron chi connectivity index (χ2n) is 3.73. The van der Waals surface area contributed by atoms with Gasteiger partial charge in [-0.3, -0.25) is 0 Å². The molecule has 1 N–H and O–H groups in total. The molecule has 0 aliphatic rings. The van der Waals surface area contributed by atoms with Crippen LogP contribution in [0.15, 0.2) is 44.8 Å². The maximum atomic E-state index is 13.3. The molecule has 90 valence electrons. The van der Waals surface area contributed by atoms with Gasteiger partial charge < -0.3 is 5.32 Å². The first-order valence-corrected chi connectivity index (χ1v) is 7.08. The first-order valence-electron chi connectivity index (χ1n) is 5.39. The number of hydrogen-bond donors (Lipinski definition) is 1. The van der Waals surface area contributed by atoms with Crippen LogP contribution in [0, 0.1) is 5.82 Å². The quantitative estimate of drug-likeness (QED) is 0.885. The van der Waals surface area contributed by atoms with E-state index in [0.717, 1.165) is 10.5 Å². The molecule has 1 aromatic carbocycles. The number of nitrogens with one attached hydrogen (secondary N) is 1. The van der Waals surface area contributed by atoms with Crippen LogP contribution >= 0.6 is 23.1 Å². The molecule has 0 amide bonds. The Kier molecular flexibility index (Phi) is 4.20. The SMILES string of the molecule is CNC(C)c1cc(F)ccc1Sc1cccs1. The van der Waals surface area contributed by atoms with E-state index in [1.807, 2.05) is 31.5 Å². The van der Waals surface area contributed by atoms with Crippen LogP contribution in [0.1, 0.15) is 18.5 Å². The Morgan fingerprint density at radius 3 is 2.82 bits per heavy atom. The average Bonchev–Trinajstić information content (AvgIpc) is 2.83. The van der Waals surface area contributed by atoms with Gasteiger partial charge in [0.15, 0.2) is 0 Å². The highest BCUT2D eigenvalue weighted by atomic mass is 32.2. The molecule has 1 heterocycles. The zero-order valence-electron chi connectivity index (χ0n) is 9.74. The lowest BCUT2D eigenvalue weighted by molar-refractivity contribution is 0.601. The van der Waals surface area contributed by atoms with Crippen LogP contribution in [-0.4, -0.2) is 7.05 Å². The molecule has 4 heteroatoms. The van der Waals surface area contributed by atoms with Crippen molar-refractivity contribution in [3.63, 3.8) is 0 Å². The summed E-state index contributed by atoms with van der Waals surface area (Å²) in [5.41, 5.74) is 1.01. The topological polar surface area (TPSA) is 12.0 Å². The third-order valence-electron chi connectivity index (χ3n) is 2.58. The summed E-state index contributed by atoms with van der Waals surface area (Å²) < 4.78 is 14.5. The molecule has 0 fully saturated rings. The van der Waals surface area contributed by atoms with Gasteiger partial charge in [0.2, 0.25) is 0 Å². The van der Waals surface area contributed by atoms with Crippen molar-refractivity contribution in [2.24, 2.45) is 0 Å². The number of benzene rings is 1. The Hall–Kier alpha value is -0.840. The average molecular weight is 267 g/mol. The molecule has 0 aliphatic carbocycles. The predicted molar refractivity (Wildman–Crippen MR) is 72.3 cm³/mol. The maximum absolute atomic E-state index is 13.3. The molecule has 0 spiro atoms. The maximum Gasteiger partial charge on any atom is 0.123 e. The highest BCUT2D eigenvalue weighted by molar-refractivity contribution is 8.01. The molecule has 17 heavy (non-hydrogen) atoms. The molecule has 1 nitrogen and oxygen atoms in total. The van der Waals surface area contributed by atoms with Gasteiger partial charge in [0.25, 0.3) is 0 Å². The lowest BCUT2D eigenvalue weighted by Crippen LogP contribution is -2.13. The zero-order valence-corrected chi connectivity index (χ0v) is 11.4. The van der Waals surface area contributed by atoms with Crippen molar-refractivity contribution in [2.75, 3.05) is 7.05 Å². The smallest absolute Gasteiger partial charge is 0.123 e. The van der Waals surface area contributed by atoms with E-state index in [-0.39, 0.29) is 11.9 Å². The van der Waals surface area contributed by atoms with Gasteiger partial charge in [-0.15, -0.1) is 11.3 Å². The third kappa shape index (κ3) is 3.09. The summed E-state index contributed by atoms with van der Waals surface area (Å²) in [6.07, 6.45) is 0. The summed E-state index contributed by atoms with van der Waals surface area (Å²) in [5, 5.41) is 5.20. The Bertz CT molecular complexity index is 482.